The molecule has 0 aliphatic carbocycles. The van der Waals surface area contributed by atoms with E-state index in [1.54, 1.807) is 4.52 Å². The lowest BCUT2D eigenvalue weighted by Crippen LogP contribution is -2.25. The minimum atomic E-state index is 0.418. The van der Waals surface area contributed by atoms with Crippen LogP contribution in [0.4, 0.5) is 5.82 Å². The first kappa shape index (κ1) is 8.64. The van der Waals surface area contributed by atoms with E-state index in [-0.39, 0.29) is 0 Å². The number of aryl methyl sites for hydroxylation is 1. The van der Waals surface area contributed by atoms with E-state index in [1.165, 1.54) is 6.33 Å². The molecule has 5 nitrogen and oxygen atoms in total. The number of rotatable bonds is 3. The highest BCUT2D eigenvalue weighted by Gasteiger charge is 2.09. The van der Waals surface area contributed by atoms with Gasteiger partial charge < -0.3 is 4.90 Å². The second-order valence-electron chi connectivity index (χ2n) is 3.29. The summed E-state index contributed by atoms with van der Waals surface area (Å²) in [5.74, 6) is 1.32. The molecule has 2 aromatic rings. The summed E-state index contributed by atoms with van der Waals surface area (Å²) in [6, 6.07) is 0.418. The van der Waals surface area contributed by atoms with Crippen LogP contribution in [0.15, 0.2) is 12.4 Å². The summed E-state index contributed by atoms with van der Waals surface area (Å²) >= 11 is 0. The van der Waals surface area contributed by atoms with Gasteiger partial charge in [-0.1, -0.05) is 0 Å². The number of hydrogen-bond acceptors (Lipinski definition) is 4. The van der Waals surface area contributed by atoms with E-state index in [2.05, 4.69) is 33.8 Å². The molecule has 0 aliphatic heterocycles. The molecular weight excluding hydrogens is 190 g/mol. The highest BCUT2D eigenvalue weighted by molar-refractivity contribution is 5.46. The van der Waals surface area contributed by atoms with E-state index < -0.39 is 0 Å². The van der Waals surface area contributed by atoms with Crippen LogP contribution in [0.1, 0.15) is 20.9 Å². The van der Waals surface area contributed by atoms with Crippen molar-refractivity contribution in [3.63, 3.8) is 0 Å². The Morgan fingerprint density at radius 1 is 1.47 bits per heavy atom. The van der Waals surface area contributed by atoms with Crippen LogP contribution in [-0.4, -0.2) is 32.7 Å². The minimum Gasteiger partial charge on any atom is -0.357 e. The molecule has 0 aromatic carbocycles. The Hall–Kier alpha value is -1.65. The van der Waals surface area contributed by atoms with Crippen LogP contribution < -0.4 is 4.90 Å². The Morgan fingerprint density at radius 3 is 2.87 bits per heavy atom. The smallest absolute Gasteiger partial charge is 0.254 e. The third kappa shape index (κ3) is 1.65. The first-order valence-corrected chi connectivity index (χ1v) is 5.10. The van der Waals surface area contributed by atoms with Gasteiger partial charge in [0.05, 0.1) is 1.37 Å². The van der Waals surface area contributed by atoms with Crippen LogP contribution in [-0.2, 0) is 0 Å². The fourth-order valence-electron chi connectivity index (χ4n) is 1.59. The van der Waals surface area contributed by atoms with Gasteiger partial charge in [0.1, 0.15) is 12.1 Å². The van der Waals surface area contributed by atoms with Crippen LogP contribution in [0.3, 0.4) is 0 Å². The summed E-state index contributed by atoms with van der Waals surface area (Å²) in [7, 11) is 0. The number of hydrogen-bond donors (Lipinski definition) is 0. The highest BCUT2D eigenvalue weighted by Crippen LogP contribution is 2.14. The molecule has 0 saturated heterocycles. The van der Waals surface area contributed by atoms with Crippen molar-refractivity contribution in [2.45, 2.75) is 20.8 Å². The summed E-state index contributed by atoms with van der Waals surface area (Å²) in [6.07, 6.45) is 1.47. The topological polar surface area (TPSA) is 46.3 Å². The lowest BCUT2D eigenvalue weighted by atomic mass is 10.4. The van der Waals surface area contributed by atoms with Gasteiger partial charge >= 0.3 is 0 Å². The molecule has 0 spiro atoms. The molecule has 2 aromatic heterocycles. The van der Waals surface area contributed by atoms with Gasteiger partial charge in [0.15, 0.2) is 0 Å². The molecule has 0 radical (unpaired) electrons. The summed E-state index contributed by atoms with van der Waals surface area (Å²) in [6.45, 7) is 7.61. The van der Waals surface area contributed by atoms with E-state index in [1.807, 2.05) is 6.92 Å². The maximum atomic E-state index is 8.06. The van der Waals surface area contributed by atoms with Gasteiger partial charge in [0.2, 0.25) is 0 Å². The van der Waals surface area contributed by atoms with Crippen molar-refractivity contribution < 1.29 is 1.37 Å². The van der Waals surface area contributed by atoms with Crippen LogP contribution in [0.5, 0.6) is 0 Å². The fourth-order valence-corrected chi connectivity index (χ4v) is 1.59. The van der Waals surface area contributed by atoms with Crippen molar-refractivity contribution in [2.75, 3.05) is 18.0 Å². The number of nitrogens with zero attached hydrogens (tertiary/aromatic N) is 5. The molecule has 0 fully saturated rings. The van der Waals surface area contributed by atoms with Crippen LogP contribution in [0, 0.1) is 6.92 Å². The van der Waals surface area contributed by atoms with Crippen LogP contribution >= 0.6 is 0 Å². The van der Waals surface area contributed by atoms with E-state index >= 15 is 0 Å². The normalized spacial score (nSPS) is 11.8. The van der Waals surface area contributed by atoms with Gasteiger partial charge in [0.25, 0.3) is 5.78 Å². The van der Waals surface area contributed by atoms with Gasteiger partial charge in [-0.05, 0) is 20.8 Å². The molecule has 0 aliphatic rings. The van der Waals surface area contributed by atoms with Crippen molar-refractivity contribution in [1.82, 2.24) is 19.6 Å². The molecule has 2 rings (SSSR count). The lowest BCUT2D eigenvalue weighted by Gasteiger charge is -2.21. The standard InChI is InChI=1S/C10H15N5/c1-4-14(5-2)9-6-8(3)13-10-11-7-12-15(9)10/h6-7H,4-5H2,1-3H3/i6D. The molecule has 15 heavy (non-hydrogen) atoms. The lowest BCUT2D eigenvalue weighted by molar-refractivity contribution is 0.796. The zero-order valence-electron chi connectivity index (χ0n) is 10.2. The second-order valence-corrected chi connectivity index (χ2v) is 3.29. The highest BCUT2D eigenvalue weighted by atomic mass is 15.4. The van der Waals surface area contributed by atoms with Gasteiger partial charge in [0, 0.05) is 24.8 Å². The predicted octanol–water partition coefficient (Wildman–Crippen LogP) is 1.28. The zero-order valence-corrected chi connectivity index (χ0v) is 9.23. The fraction of sp³-hybridized carbons (Fsp3) is 0.500. The number of fused-ring (bicyclic) bond motifs is 1. The first-order valence-electron chi connectivity index (χ1n) is 5.60. The minimum absolute atomic E-state index is 0.418. The van der Waals surface area contributed by atoms with Gasteiger partial charge in [-0.15, -0.1) is 0 Å². The van der Waals surface area contributed by atoms with Gasteiger partial charge in [-0.2, -0.15) is 14.6 Å². The third-order valence-electron chi connectivity index (χ3n) is 2.35. The molecule has 0 bridgehead atoms. The van der Waals surface area contributed by atoms with Crippen molar-refractivity contribution in [1.29, 1.82) is 0 Å². The summed E-state index contributed by atoms with van der Waals surface area (Å²) in [5.41, 5.74) is 0.683. The molecule has 80 valence electrons. The first-order chi connectivity index (χ1) is 7.69. The van der Waals surface area contributed by atoms with Crippen molar-refractivity contribution >= 4 is 11.6 Å². The molecular formula is C10H15N5. The maximum Gasteiger partial charge on any atom is 0.254 e. The van der Waals surface area contributed by atoms with E-state index in [9.17, 15) is 0 Å². The maximum absolute atomic E-state index is 8.06. The van der Waals surface area contributed by atoms with Crippen molar-refractivity contribution in [3.8, 4) is 0 Å². The Labute approximate surface area is 90.2 Å². The monoisotopic (exact) mass is 206 g/mol. The molecule has 0 saturated carbocycles. The number of anilines is 1. The summed E-state index contributed by atoms with van der Waals surface area (Å²) < 4.78 is 9.69. The Morgan fingerprint density at radius 2 is 2.20 bits per heavy atom. The summed E-state index contributed by atoms with van der Waals surface area (Å²) in [4.78, 5) is 10.4. The van der Waals surface area contributed by atoms with Gasteiger partial charge in [-0.25, -0.2) is 4.98 Å². The van der Waals surface area contributed by atoms with Crippen molar-refractivity contribution in [2.24, 2.45) is 0 Å². The molecule has 0 unspecified atom stereocenters. The third-order valence-corrected chi connectivity index (χ3v) is 2.35. The quantitative estimate of drug-likeness (QED) is 0.759. The van der Waals surface area contributed by atoms with E-state index in [0.717, 1.165) is 18.9 Å². The predicted molar refractivity (Wildman–Crippen MR) is 59.1 cm³/mol. The number of aromatic nitrogens is 4. The molecule has 0 amide bonds. The van der Waals surface area contributed by atoms with E-state index in [0.29, 0.717) is 17.5 Å². The van der Waals surface area contributed by atoms with E-state index in [4.69, 9.17) is 1.37 Å². The molecule has 0 N–H and O–H groups in total. The second kappa shape index (κ2) is 3.84. The SMILES string of the molecule is [2H]c1c(C)nc2ncnn2c1N(CC)CC. The zero-order chi connectivity index (χ0) is 11.7. The average molecular weight is 206 g/mol. The van der Waals surface area contributed by atoms with Crippen LogP contribution in [0.25, 0.3) is 5.78 Å². The largest absolute Gasteiger partial charge is 0.357 e. The summed E-state index contributed by atoms with van der Waals surface area (Å²) in [5, 5.41) is 4.12. The molecule has 5 heteroatoms. The van der Waals surface area contributed by atoms with Crippen LogP contribution in [0.2, 0.25) is 0 Å². The van der Waals surface area contributed by atoms with Gasteiger partial charge in [-0.3, -0.25) is 0 Å². The average Bonchev–Trinajstić information content (AvgIpc) is 2.72. The van der Waals surface area contributed by atoms with Crippen molar-refractivity contribution in [3.05, 3.63) is 18.1 Å². The Kier molecular flexibility index (Phi) is 2.21. The molecule has 0 atom stereocenters. The molecule has 2 heterocycles. The Balaban J connectivity index is 2.73. The Bertz CT molecular complexity index is 503.